The second-order valence-corrected chi connectivity index (χ2v) is 9.20. The number of amides is 1. The third-order valence-electron chi connectivity index (χ3n) is 6.37. The van der Waals surface area contributed by atoms with E-state index in [4.69, 9.17) is 30.5 Å². The highest BCUT2D eigenvalue weighted by Crippen LogP contribution is 2.48. The topological polar surface area (TPSA) is 94.5 Å². The number of aliphatic hydroxyl groups excluding tert-OH is 1. The molecule has 1 unspecified atom stereocenters. The lowest BCUT2D eigenvalue weighted by molar-refractivity contribution is -0.132. The maximum Gasteiger partial charge on any atom is 0.300 e. The third-order valence-corrected chi connectivity index (χ3v) is 6.65. The zero-order valence-electron chi connectivity index (χ0n) is 21.9. The Morgan fingerprint density at radius 3 is 2.03 bits per heavy atom. The number of carbonyl (C=O) groups is 2. The summed E-state index contributed by atoms with van der Waals surface area (Å²) in [6.45, 7) is 3.68. The number of aliphatic hydroxyl groups is 1. The molecule has 3 aromatic carbocycles. The van der Waals surface area contributed by atoms with Gasteiger partial charge in [-0.1, -0.05) is 23.7 Å². The van der Waals surface area contributed by atoms with Crippen LogP contribution < -0.4 is 23.8 Å². The van der Waals surface area contributed by atoms with E-state index in [-0.39, 0.29) is 21.9 Å². The van der Waals surface area contributed by atoms with Gasteiger partial charge in [0, 0.05) is 5.69 Å². The van der Waals surface area contributed by atoms with E-state index in [0.29, 0.717) is 28.5 Å². The van der Waals surface area contributed by atoms with Crippen LogP contribution in [0.2, 0.25) is 5.02 Å². The molecule has 38 heavy (non-hydrogen) atoms. The molecule has 0 spiro atoms. The summed E-state index contributed by atoms with van der Waals surface area (Å²) in [6.07, 6.45) is 0. The van der Waals surface area contributed by atoms with Crippen molar-refractivity contribution in [1.29, 1.82) is 0 Å². The fourth-order valence-corrected chi connectivity index (χ4v) is 5.06. The number of hydrogen-bond acceptors (Lipinski definition) is 7. The van der Waals surface area contributed by atoms with Crippen molar-refractivity contribution in [2.75, 3.05) is 33.3 Å². The number of carbonyl (C=O) groups excluding carboxylic acids is 2. The molecule has 3 aromatic rings. The number of anilines is 1. The number of ether oxygens (including phenoxy) is 4. The van der Waals surface area contributed by atoms with Crippen molar-refractivity contribution in [1.82, 2.24) is 0 Å². The Labute approximate surface area is 225 Å². The van der Waals surface area contributed by atoms with Crippen LogP contribution in [0.25, 0.3) is 5.76 Å². The van der Waals surface area contributed by atoms with E-state index in [1.54, 1.807) is 49.4 Å². The number of ketones is 1. The molecule has 4 rings (SSSR count). The predicted octanol–water partition coefficient (Wildman–Crippen LogP) is 5.62. The molecular weight excluding hydrogens is 510 g/mol. The highest BCUT2D eigenvalue weighted by molar-refractivity contribution is 6.51. The summed E-state index contributed by atoms with van der Waals surface area (Å²) in [4.78, 5) is 28.5. The second kappa shape index (κ2) is 10.7. The van der Waals surface area contributed by atoms with Crippen LogP contribution in [0.15, 0.2) is 54.1 Å². The van der Waals surface area contributed by atoms with E-state index in [1.807, 2.05) is 13.0 Å². The smallest absolute Gasteiger partial charge is 0.300 e. The van der Waals surface area contributed by atoms with Crippen LogP contribution in [0.1, 0.15) is 28.3 Å². The van der Waals surface area contributed by atoms with Crippen molar-refractivity contribution in [2.24, 2.45) is 0 Å². The van der Waals surface area contributed by atoms with E-state index >= 15 is 0 Å². The summed E-state index contributed by atoms with van der Waals surface area (Å²) in [5.41, 5.74) is 2.62. The van der Waals surface area contributed by atoms with Crippen LogP contribution >= 0.6 is 11.6 Å². The van der Waals surface area contributed by atoms with Crippen molar-refractivity contribution in [2.45, 2.75) is 19.9 Å². The monoisotopic (exact) mass is 537 g/mol. The summed E-state index contributed by atoms with van der Waals surface area (Å²) >= 11 is 6.39. The molecular formula is C29H28ClNO7. The maximum absolute atomic E-state index is 13.6. The molecule has 0 aromatic heterocycles. The summed E-state index contributed by atoms with van der Waals surface area (Å²) in [5.74, 6) is -0.893. The summed E-state index contributed by atoms with van der Waals surface area (Å²) < 4.78 is 22.0. The largest absolute Gasteiger partial charge is 0.507 e. The van der Waals surface area contributed by atoms with E-state index in [0.717, 1.165) is 11.1 Å². The minimum absolute atomic E-state index is 0.134. The molecule has 0 radical (unpaired) electrons. The van der Waals surface area contributed by atoms with Crippen LogP contribution in [-0.4, -0.2) is 45.2 Å². The van der Waals surface area contributed by atoms with Crippen LogP contribution in [0.5, 0.6) is 23.0 Å². The third kappa shape index (κ3) is 4.52. The van der Waals surface area contributed by atoms with Gasteiger partial charge in [0.1, 0.15) is 11.5 Å². The number of Topliss-reactive ketones (excluding diaryl/α,β-unsaturated/α-hetero) is 1. The lowest BCUT2D eigenvalue weighted by Gasteiger charge is -2.27. The van der Waals surface area contributed by atoms with Gasteiger partial charge in [-0.2, -0.15) is 0 Å². The summed E-state index contributed by atoms with van der Waals surface area (Å²) in [6, 6.07) is 12.8. The van der Waals surface area contributed by atoms with E-state index in [9.17, 15) is 14.7 Å². The molecule has 1 fully saturated rings. The standard InChI is InChI=1S/C29H28ClNO7/c1-15-8-7-9-18(10-15)31-24(17-13-21(35-3)28(38-6)22(14-17)36-4)23(26(33)29(31)34)25(32)19-11-16(2)12-20(30)27(19)37-5/h7-14,24,32H,1-6H3/b25-23+. The second-order valence-electron chi connectivity index (χ2n) is 8.79. The number of aryl methyl sites for hydroxylation is 2. The summed E-state index contributed by atoms with van der Waals surface area (Å²) in [5, 5.41) is 11.9. The summed E-state index contributed by atoms with van der Waals surface area (Å²) in [7, 11) is 5.83. The maximum atomic E-state index is 13.6. The highest BCUT2D eigenvalue weighted by Gasteiger charge is 2.48. The van der Waals surface area contributed by atoms with Crippen molar-refractivity contribution in [3.8, 4) is 23.0 Å². The molecule has 1 aliphatic rings. The molecule has 1 aliphatic heterocycles. The fraction of sp³-hybridized carbons (Fsp3) is 0.241. The molecule has 0 aliphatic carbocycles. The van der Waals surface area contributed by atoms with Crippen molar-refractivity contribution in [3.05, 3.63) is 81.4 Å². The van der Waals surface area contributed by atoms with Gasteiger partial charge < -0.3 is 24.1 Å². The van der Waals surface area contributed by atoms with Gasteiger partial charge in [0.15, 0.2) is 11.5 Å². The lowest BCUT2D eigenvalue weighted by atomic mass is 9.93. The van der Waals surface area contributed by atoms with Crippen molar-refractivity contribution < 1.29 is 33.6 Å². The van der Waals surface area contributed by atoms with E-state index < -0.39 is 23.5 Å². The first kappa shape index (κ1) is 26.9. The van der Waals surface area contributed by atoms with Crippen molar-refractivity contribution >= 4 is 34.7 Å². The first-order chi connectivity index (χ1) is 18.2. The molecule has 8 nitrogen and oxygen atoms in total. The quantitative estimate of drug-likeness (QED) is 0.237. The van der Waals surface area contributed by atoms with Gasteiger partial charge in [0.05, 0.1) is 50.6 Å². The number of benzene rings is 3. The molecule has 1 saturated heterocycles. The average molecular weight is 538 g/mol. The first-order valence-electron chi connectivity index (χ1n) is 11.7. The van der Waals surface area contributed by atoms with Crippen LogP contribution in [0.3, 0.4) is 0 Å². The van der Waals surface area contributed by atoms with Gasteiger partial charge >= 0.3 is 0 Å². The zero-order valence-corrected chi connectivity index (χ0v) is 22.7. The van der Waals surface area contributed by atoms with Gasteiger partial charge in [-0.15, -0.1) is 0 Å². The number of rotatable bonds is 7. The van der Waals surface area contributed by atoms with Crippen LogP contribution in [-0.2, 0) is 9.59 Å². The van der Waals surface area contributed by atoms with Gasteiger partial charge in [-0.25, -0.2) is 0 Å². The molecule has 1 heterocycles. The van der Waals surface area contributed by atoms with Gasteiger partial charge in [0.25, 0.3) is 11.7 Å². The van der Waals surface area contributed by atoms with Crippen molar-refractivity contribution in [3.63, 3.8) is 0 Å². The van der Waals surface area contributed by atoms with Crippen LogP contribution in [0.4, 0.5) is 5.69 Å². The average Bonchev–Trinajstić information content (AvgIpc) is 3.17. The predicted molar refractivity (Wildman–Crippen MR) is 145 cm³/mol. The molecule has 9 heteroatoms. The van der Waals surface area contributed by atoms with Crippen LogP contribution in [0, 0.1) is 13.8 Å². The lowest BCUT2D eigenvalue weighted by Crippen LogP contribution is -2.29. The highest BCUT2D eigenvalue weighted by atomic mass is 35.5. The SMILES string of the molecule is COc1cc(C2/C(=C(\O)c3cc(C)cc(Cl)c3OC)C(=O)C(=O)N2c2cccc(C)c2)cc(OC)c1OC. The molecule has 1 atom stereocenters. The Balaban J connectivity index is 2.08. The van der Waals surface area contributed by atoms with Gasteiger partial charge in [0.2, 0.25) is 5.75 Å². The Morgan fingerprint density at radius 1 is 0.842 bits per heavy atom. The Hall–Kier alpha value is -4.17. The minimum atomic E-state index is -1.03. The molecule has 1 N–H and O–H groups in total. The van der Waals surface area contributed by atoms with E-state index in [1.165, 1.54) is 33.3 Å². The fourth-order valence-electron chi connectivity index (χ4n) is 4.71. The minimum Gasteiger partial charge on any atom is -0.507 e. The van der Waals surface area contributed by atoms with Gasteiger partial charge in [-0.05, 0) is 66.9 Å². The molecule has 0 saturated carbocycles. The normalized spacial score (nSPS) is 16.5. The molecule has 0 bridgehead atoms. The Bertz CT molecular complexity index is 1440. The number of nitrogens with zero attached hydrogens (tertiary/aromatic N) is 1. The number of methoxy groups -OCH3 is 4. The molecule has 198 valence electrons. The Morgan fingerprint density at radius 2 is 1.47 bits per heavy atom. The van der Waals surface area contributed by atoms with E-state index in [2.05, 4.69) is 0 Å². The first-order valence-corrected chi connectivity index (χ1v) is 12.1. The Kier molecular flexibility index (Phi) is 7.55. The van der Waals surface area contributed by atoms with Gasteiger partial charge in [-0.3, -0.25) is 14.5 Å². The number of hydrogen-bond donors (Lipinski definition) is 1. The number of halogens is 1. The molecule has 1 amide bonds. The zero-order chi connectivity index (χ0) is 27.7.